The van der Waals surface area contributed by atoms with Crippen LogP contribution in [0.25, 0.3) is 22.1 Å². The lowest BCUT2D eigenvalue weighted by Gasteiger charge is -2.41. The van der Waals surface area contributed by atoms with Crippen molar-refractivity contribution in [1.82, 2.24) is 0 Å². The maximum absolute atomic E-state index is 13.2. The molecule has 9 nitrogen and oxygen atoms in total. The first-order valence-electron chi connectivity index (χ1n) is 13.3. The zero-order valence-electron chi connectivity index (χ0n) is 23.6. The highest BCUT2D eigenvalue weighted by Gasteiger charge is 2.39. The van der Waals surface area contributed by atoms with Crippen LogP contribution in [0.5, 0.6) is 17.2 Å². The smallest absolute Gasteiger partial charge is 0.360 e. The van der Waals surface area contributed by atoms with Crippen LogP contribution in [-0.4, -0.2) is 43.2 Å². The van der Waals surface area contributed by atoms with Gasteiger partial charge in [-0.2, -0.15) is 0 Å². The largest absolute Gasteiger partial charge is 0.508 e. The van der Waals surface area contributed by atoms with E-state index in [0.29, 0.717) is 45.6 Å². The number of aryl methyl sites for hydroxylation is 1. The third kappa shape index (κ3) is 5.77. The van der Waals surface area contributed by atoms with E-state index in [1.807, 2.05) is 20.8 Å². The lowest BCUT2D eigenvalue weighted by molar-refractivity contribution is -0.233. The summed E-state index contributed by atoms with van der Waals surface area (Å²) < 4.78 is 28.9. The average molecular weight is 560 g/mol. The second kappa shape index (κ2) is 11.3. The first-order chi connectivity index (χ1) is 19.6. The Hall–Kier alpha value is -4.34. The molecular weight excluding hydrogens is 526 g/mol. The third-order valence-corrected chi connectivity index (χ3v) is 7.41. The second-order valence-corrected chi connectivity index (χ2v) is 10.5. The fourth-order valence-corrected chi connectivity index (χ4v) is 5.17. The molecule has 0 spiro atoms. The van der Waals surface area contributed by atoms with Gasteiger partial charge in [-0.15, -0.1) is 0 Å². The maximum Gasteiger partial charge on any atom is 0.360 e. The number of hydrogen-bond acceptors (Lipinski definition) is 8. The predicted molar refractivity (Wildman–Crippen MR) is 155 cm³/mol. The van der Waals surface area contributed by atoms with E-state index in [1.165, 1.54) is 7.11 Å². The molecule has 1 aromatic heterocycles. The number of carbonyl (C=O) groups is 1. The Morgan fingerprint density at radius 1 is 1.00 bits per heavy atom. The Morgan fingerprint density at radius 2 is 1.73 bits per heavy atom. The van der Waals surface area contributed by atoms with Gasteiger partial charge in [-0.1, -0.05) is 12.1 Å². The molecule has 1 saturated heterocycles. The molecule has 0 aliphatic carbocycles. The molecule has 1 fully saturated rings. The van der Waals surface area contributed by atoms with Gasteiger partial charge >= 0.3 is 5.63 Å². The number of nitrogens with one attached hydrogen (secondary N) is 1. The van der Waals surface area contributed by atoms with Gasteiger partial charge in [0.1, 0.15) is 28.5 Å². The first kappa shape index (κ1) is 28.2. The number of anilines is 1. The topological polar surface area (TPSA) is 116 Å². The number of methoxy groups -OCH3 is 2. The van der Waals surface area contributed by atoms with Crippen molar-refractivity contribution in [1.29, 1.82) is 0 Å². The standard InChI is InChI=1S/C32H33NO8/c1-18-25(39-28-15-14-27(38-5)32(2,3)41-28)12-8-20-17-24(31(36)40-29(18)20)33-30(35)21-9-13-26(37-4)23(16-21)19-6-10-22(34)11-7-19/h6-13,16-17,27-28,34H,14-15H2,1-5H3,(H,33,35). The van der Waals surface area contributed by atoms with Crippen LogP contribution in [0.15, 0.2) is 69.9 Å². The molecule has 1 aliphatic heterocycles. The quantitative estimate of drug-likeness (QED) is 0.263. The summed E-state index contributed by atoms with van der Waals surface area (Å²) in [6.07, 6.45) is 0.968. The number of amides is 1. The van der Waals surface area contributed by atoms with Crippen molar-refractivity contribution in [2.75, 3.05) is 19.5 Å². The fraction of sp³-hybridized carbons (Fsp3) is 0.312. The van der Waals surface area contributed by atoms with Gasteiger partial charge in [0.05, 0.1) is 18.8 Å². The number of rotatable bonds is 7. The molecule has 4 aromatic rings. The Kier molecular flexibility index (Phi) is 7.75. The molecule has 2 atom stereocenters. The minimum Gasteiger partial charge on any atom is -0.508 e. The van der Waals surface area contributed by atoms with Crippen LogP contribution in [0.4, 0.5) is 5.69 Å². The predicted octanol–water partition coefficient (Wildman–Crippen LogP) is 6.04. The van der Waals surface area contributed by atoms with Crippen molar-refractivity contribution in [2.45, 2.75) is 51.6 Å². The summed E-state index contributed by atoms with van der Waals surface area (Å²) in [7, 11) is 3.21. The van der Waals surface area contributed by atoms with E-state index >= 15 is 0 Å². The molecule has 1 aliphatic rings. The summed E-state index contributed by atoms with van der Waals surface area (Å²) in [6, 6.07) is 16.7. The molecule has 0 bridgehead atoms. The first-order valence-corrected chi connectivity index (χ1v) is 13.3. The summed E-state index contributed by atoms with van der Waals surface area (Å²) in [4.78, 5) is 26.1. The van der Waals surface area contributed by atoms with Crippen molar-refractivity contribution in [2.24, 2.45) is 0 Å². The number of ether oxygens (including phenoxy) is 4. The third-order valence-electron chi connectivity index (χ3n) is 7.41. The average Bonchev–Trinajstić information content (AvgIpc) is 2.95. The Bertz CT molecular complexity index is 1640. The van der Waals surface area contributed by atoms with Gasteiger partial charge in [0.15, 0.2) is 0 Å². The minimum atomic E-state index is -0.684. The molecule has 0 saturated carbocycles. The van der Waals surface area contributed by atoms with E-state index in [1.54, 1.807) is 67.8 Å². The van der Waals surface area contributed by atoms with Crippen molar-refractivity contribution in [3.05, 3.63) is 82.2 Å². The monoisotopic (exact) mass is 559 g/mol. The van der Waals surface area contributed by atoms with Crippen LogP contribution >= 0.6 is 0 Å². The number of carbonyl (C=O) groups excluding carboxylic acids is 1. The van der Waals surface area contributed by atoms with Crippen LogP contribution in [0.1, 0.15) is 42.6 Å². The van der Waals surface area contributed by atoms with Gasteiger partial charge in [-0.3, -0.25) is 4.79 Å². The van der Waals surface area contributed by atoms with Crippen LogP contribution in [0.2, 0.25) is 0 Å². The normalized spacial score (nSPS) is 18.2. The zero-order chi connectivity index (χ0) is 29.3. The highest BCUT2D eigenvalue weighted by molar-refractivity contribution is 6.05. The zero-order valence-corrected chi connectivity index (χ0v) is 23.6. The summed E-state index contributed by atoms with van der Waals surface area (Å²) in [5.41, 5.74) is 1.59. The van der Waals surface area contributed by atoms with Gasteiger partial charge in [-0.25, -0.2) is 4.79 Å². The van der Waals surface area contributed by atoms with Gasteiger partial charge in [-0.05, 0) is 81.3 Å². The molecule has 5 rings (SSSR count). The summed E-state index contributed by atoms with van der Waals surface area (Å²) in [5, 5.41) is 12.9. The van der Waals surface area contributed by atoms with Gasteiger partial charge < -0.3 is 33.8 Å². The maximum atomic E-state index is 13.2. The van der Waals surface area contributed by atoms with Crippen molar-refractivity contribution in [3.8, 4) is 28.4 Å². The van der Waals surface area contributed by atoms with Crippen LogP contribution in [0.3, 0.4) is 0 Å². The Labute approximate surface area is 237 Å². The molecule has 41 heavy (non-hydrogen) atoms. The Balaban J connectivity index is 1.37. The van der Waals surface area contributed by atoms with Crippen LogP contribution in [-0.2, 0) is 9.47 Å². The number of fused-ring (bicyclic) bond motifs is 1. The number of hydrogen-bond donors (Lipinski definition) is 2. The minimum absolute atomic E-state index is 0.0144. The molecule has 214 valence electrons. The highest BCUT2D eigenvalue weighted by Crippen LogP contribution is 2.35. The number of phenolic OH excluding ortho intramolecular Hbond substituents is 1. The van der Waals surface area contributed by atoms with E-state index in [9.17, 15) is 14.7 Å². The molecule has 2 N–H and O–H groups in total. The molecule has 1 amide bonds. The van der Waals surface area contributed by atoms with E-state index in [-0.39, 0.29) is 17.5 Å². The molecule has 0 radical (unpaired) electrons. The highest BCUT2D eigenvalue weighted by atomic mass is 16.7. The van der Waals surface area contributed by atoms with E-state index < -0.39 is 23.4 Å². The Morgan fingerprint density at radius 3 is 2.41 bits per heavy atom. The summed E-state index contributed by atoms with van der Waals surface area (Å²) in [6.45, 7) is 5.75. The second-order valence-electron chi connectivity index (χ2n) is 10.5. The summed E-state index contributed by atoms with van der Waals surface area (Å²) in [5.74, 6) is 0.758. The summed E-state index contributed by atoms with van der Waals surface area (Å²) >= 11 is 0. The number of aromatic hydroxyl groups is 1. The molecule has 9 heteroatoms. The van der Waals surface area contributed by atoms with E-state index in [0.717, 1.165) is 12.0 Å². The molecule has 2 unspecified atom stereocenters. The van der Waals surface area contributed by atoms with Gasteiger partial charge in [0.25, 0.3) is 5.91 Å². The van der Waals surface area contributed by atoms with Crippen molar-refractivity contribution >= 4 is 22.6 Å². The van der Waals surface area contributed by atoms with E-state index in [2.05, 4.69) is 5.32 Å². The van der Waals surface area contributed by atoms with Crippen LogP contribution < -0.4 is 20.4 Å². The van der Waals surface area contributed by atoms with Gasteiger partial charge in [0, 0.05) is 35.6 Å². The fourth-order valence-electron chi connectivity index (χ4n) is 5.17. The van der Waals surface area contributed by atoms with Crippen LogP contribution in [0, 0.1) is 6.92 Å². The molecular formula is C32H33NO8. The van der Waals surface area contributed by atoms with Crippen molar-refractivity contribution < 1.29 is 33.3 Å². The van der Waals surface area contributed by atoms with Gasteiger partial charge in [0.2, 0.25) is 6.29 Å². The molecule has 2 heterocycles. The lowest BCUT2D eigenvalue weighted by atomic mass is 9.94. The number of benzene rings is 3. The van der Waals surface area contributed by atoms with Crippen molar-refractivity contribution in [3.63, 3.8) is 0 Å². The van der Waals surface area contributed by atoms with E-state index in [4.69, 9.17) is 23.4 Å². The lowest BCUT2D eigenvalue weighted by Crippen LogP contribution is -2.49. The molecule has 3 aromatic carbocycles. The SMILES string of the molecule is COc1ccc(C(=O)Nc2cc3ccc(OC4CCC(OC)C(C)(C)O4)c(C)c3oc2=O)cc1-c1ccc(O)cc1. The number of phenols is 1.